The van der Waals surface area contributed by atoms with E-state index in [1.165, 1.54) is 18.4 Å². The van der Waals surface area contributed by atoms with Crippen LogP contribution in [0.25, 0.3) is 0 Å². The van der Waals surface area contributed by atoms with E-state index < -0.39 is 0 Å². The predicted octanol–water partition coefficient (Wildman–Crippen LogP) is 2.60. The van der Waals surface area contributed by atoms with Gasteiger partial charge in [-0.15, -0.1) is 0 Å². The maximum Gasteiger partial charge on any atom is 0.493 e. The number of hydrogen-bond acceptors (Lipinski definition) is 3. The van der Waals surface area contributed by atoms with Gasteiger partial charge in [-0.3, -0.25) is 4.90 Å². The summed E-state index contributed by atoms with van der Waals surface area (Å²) in [6.45, 7) is 8.90. The van der Waals surface area contributed by atoms with Gasteiger partial charge in [0.2, 0.25) is 0 Å². The molecule has 5 heteroatoms. The molecule has 0 unspecified atom stereocenters. The number of nitrogens with zero attached hydrogens (tertiary/aromatic N) is 1. The molecule has 0 bridgehead atoms. The molecule has 0 atom stereocenters. The Morgan fingerprint density at radius 3 is 2.55 bits per heavy atom. The van der Waals surface area contributed by atoms with Crippen LogP contribution in [0.15, 0.2) is 22.7 Å². The van der Waals surface area contributed by atoms with E-state index in [2.05, 4.69) is 52.9 Å². The van der Waals surface area contributed by atoms with Gasteiger partial charge in [0.1, 0.15) is 0 Å². The zero-order chi connectivity index (χ0) is 14.4. The van der Waals surface area contributed by atoms with Gasteiger partial charge in [0, 0.05) is 30.8 Å². The summed E-state index contributed by atoms with van der Waals surface area (Å²) in [6, 6.07) is 6.26. The van der Waals surface area contributed by atoms with Crippen LogP contribution in [0.2, 0.25) is 0 Å². The van der Waals surface area contributed by atoms with Crippen LogP contribution in [0.4, 0.5) is 0 Å². The largest absolute Gasteiger partial charge is 0.493 e. The van der Waals surface area contributed by atoms with Crippen LogP contribution in [0.3, 0.4) is 0 Å². The Morgan fingerprint density at radius 1 is 1.25 bits per heavy atom. The van der Waals surface area contributed by atoms with E-state index in [-0.39, 0.29) is 7.12 Å². The Kier molecular flexibility index (Phi) is 6.55. The molecular formula is C15H23BBrNO2. The van der Waals surface area contributed by atoms with Gasteiger partial charge in [-0.2, -0.15) is 0 Å². The van der Waals surface area contributed by atoms with E-state index in [9.17, 15) is 0 Å². The molecule has 1 fully saturated rings. The summed E-state index contributed by atoms with van der Waals surface area (Å²) in [7, 11) is -0.227. The Morgan fingerprint density at radius 2 is 1.95 bits per heavy atom. The average Bonchev–Trinajstić information content (AvgIpc) is 2.41. The van der Waals surface area contributed by atoms with Gasteiger partial charge in [0.15, 0.2) is 0 Å². The molecule has 0 amide bonds. The minimum Gasteiger partial charge on any atom is -0.406 e. The highest BCUT2D eigenvalue weighted by Gasteiger charge is 2.24. The second kappa shape index (κ2) is 8.18. The van der Waals surface area contributed by atoms with Crippen LogP contribution in [0, 0.1) is 6.92 Å². The van der Waals surface area contributed by atoms with E-state index in [0.717, 1.165) is 42.8 Å². The van der Waals surface area contributed by atoms with Crippen molar-refractivity contribution in [1.82, 2.24) is 4.90 Å². The van der Waals surface area contributed by atoms with E-state index in [4.69, 9.17) is 9.31 Å². The van der Waals surface area contributed by atoms with Crippen molar-refractivity contribution in [1.29, 1.82) is 0 Å². The zero-order valence-corrected chi connectivity index (χ0v) is 14.0. The molecular weight excluding hydrogens is 317 g/mol. The fourth-order valence-electron chi connectivity index (χ4n) is 2.35. The fourth-order valence-corrected chi connectivity index (χ4v) is 2.60. The summed E-state index contributed by atoms with van der Waals surface area (Å²) in [5.74, 6) is 0. The standard InChI is InChI=1S/C15H23BBrNO2/c1-3-4-7-18-8-10-19-16(20-11-9-18)14-5-6-15(17)13(2)12-14/h5-6,12H,3-4,7-11H2,1-2H3. The first kappa shape index (κ1) is 16.0. The first-order chi connectivity index (χ1) is 9.70. The van der Waals surface area contributed by atoms with Crippen molar-refractivity contribution in [2.45, 2.75) is 26.7 Å². The normalized spacial score (nSPS) is 17.9. The number of rotatable bonds is 4. The number of halogens is 1. The lowest BCUT2D eigenvalue weighted by molar-refractivity contribution is 0.116. The molecule has 1 aromatic carbocycles. The van der Waals surface area contributed by atoms with Gasteiger partial charge in [-0.25, -0.2) is 0 Å². The summed E-state index contributed by atoms with van der Waals surface area (Å²) in [6.07, 6.45) is 2.48. The second-order valence-electron chi connectivity index (χ2n) is 5.28. The van der Waals surface area contributed by atoms with E-state index in [1.54, 1.807) is 0 Å². The Balaban J connectivity index is 1.91. The predicted molar refractivity (Wildman–Crippen MR) is 87.5 cm³/mol. The molecule has 0 aliphatic carbocycles. The second-order valence-corrected chi connectivity index (χ2v) is 6.13. The molecule has 0 spiro atoms. The highest BCUT2D eigenvalue weighted by molar-refractivity contribution is 9.10. The number of hydrogen-bond donors (Lipinski definition) is 0. The van der Waals surface area contributed by atoms with Gasteiger partial charge >= 0.3 is 7.12 Å². The van der Waals surface area contributed by atoms with E-state index in [1.807, 2.05) is 0 Å². The summed E-state index contributed by atoms with van der Waals surface area (Å²) in [5, 5.41) is 0. The van der Waals surface area contributed by atoms with E-state index >= 15 is 0 Å². The highest BCUT2D eigenvalue weighted by atomic mass is 79.9. The van der Waals surface area contributed by atoms with Crippen LogP contribution in [-0.2, 0) is 9.31 Å². The summed E-state index contributed by atoms with van der Waals surface area (Å²) >= 11 is 3.52. The van der Waals surface area contributed by atoms with Crippen molar-refractivity contribution in [2.75, 3.05) is 32.8 Å². The van der Waals surface area contributed by atoms with Gasteiger partial charge in [0.05, 0.1) is 0 Å². The molecule has 110 valence electrons. The first-order valence-corrected chi connectivity index (χ1v) is 8.21. The maximum atomic E-state index is 5.89. The molecule has 0 saturated carbocycles. The minimum absolute atomic E-state index is 0.227. The molecule has 0 N–H and O–H groups in total. The van der Waals surface area contributed by atoms with Crippen LogP contribution < -0.4 is 5.46 Å². The highest BCUT2D eigenvalue weighted by Crippen LogP contribution is 2.14. The molecule has 1 aliphatic rings. The van der Waals surface area contributed by atoms with Crippen molar-refractivity contribution in [2.24, 2.45) is 0 Å². The van der Waals surface area contributed by atoms with Crippen molar-refractivity contribution in [3.05, 3.63) is 28.2 Å². The van der Waals surface area contributed by atoms with Crippen molar-refractivity contribution >= 4 is 28.5 Å². The van der Waals surface area contributed by atoms with Gasteiger partial charge in [-0.1, -0.05) is 41.4 Å². The quantitative estimate of drug-likeness (QED) is 0.787. The molecule has 1 aromatic rings. The van der Waals surface area contributed by atoms with Crippen molar-refractivity contribution < 1.29 is 9.31 Å². The SMILES string of the molecule is CCCCN1CCOB(c2ccc(Br)c(C)c2)OCC1. The molecule has 0 aromatic heterocycles. The molecule has 0 radical (unpaired) electrons. The van der Waals surface area contributed by atoms with Crippen LogP contribution in [0.5, 0.6) is 0 Å². The van der Waals surface area contributed by atoms with Crippen LogP contribution in [0.1, 0.15) is 25.3 Å². The third kappa shape index (κ3) is 4.59. The topological polar surface area (TPSA) is 21.7 Å². The van der Waals surface area contributed by atoms with Crippen molar-refractivity contribution in [3.63, 3.8) is 0 Å². The zero-order valence-electron chi connectivity index (χ0n) is 12.4. The lowest BCUT2D eigenvalue weighted by atomic mass is 9.78. The van der Waals surface area contributed by atoms with E-state index in [0.29, 0.717) is 0 Å². The number of unbranched alkanes of at least 4 members (excludes halogenated alkanes) is 1. The number of benzene rings is 1. The minimum atomic E-state index is -0.227. The smallest absolute Gasteiger partial charge is 0.406 e. The van der Waals surface area contributed by atoms with Crippen molar-refractivity contribution in [3.8, 4) is 0 Å². The van der Waals surface area contributed by atoms with Crippen LogP contribution >= 0.6 is 15.9 Å². The fraction of sp³-hybridized carbons (Fsp3) is 0.600. The molecule has 3 nitrogen and oxygen atoms in total. The Hall–Kier alpha value is -0.355. The average molecular weight is 340 g/mol. The maximum absolute atomic E-state index is 5.89. The first-order valence-electron chi connectivity index (χ1n) is 7.42. The van der Waals surface area contributed by atoms with Crippen LogP contribution in [-0.4, -0.2) is 44.9 Å². The van der Waals surface area contributed by atoms with Gasteiger partial charge in [0.25, 0.3) is 0 Å². The molecule has 1 saturated heterocycles. The molecule has 1 aliphatic heterocycles. The summed E-state index contributed by atoms with van der Waals surface area (Å²) < 4.78 is 12.9. The monoisotopic (exact) mass is 339 g/mol. The molecule has 2 rings (SSSR count). The number of aryl methyl sites for hydroxylation is 1. The van der Waals surface area contributed by atoms with Gasteiger partial charge < -0.3 is 9.31 Å². The third-order valence-corrected chi connectivity index (χ3v) is 4.53. The molecule has 1 heterocycles. The third-order valence-electron chi connectivity index (χ3n) is 3.64. The lowest BCUT2D eigenvalue weighted by Gasteiger charge is -2.27. The summed E-state index contributed by atoms with van der Waals surface area (Å²) in [4.78, 5) is 2.42. The molecule has 20 heavy (non-hydrogen) atoms. The Bertz CT molecular complexity index is 420. The Labute approximate surface area is 130 Å². The summed E-state index contributed by atoms with van der Waals surface area (Å²) in [5.41, 5.74) is 2.31. The lowest BCUT2D eigenvalue weighted by Crippen LogP contribution is -2.44. The van der Waals surface area contributed by atoms with Gasteiger partial charge in [-0.05, 0) is 37.0 Å².